The monoisotopic (exact) mass is 699 g/mol. The number of nitrogens with one attached hydrogen (secondary N) is 2. The molecule has 1 unspecified atom stereocenters. The van der Waals surface area contributed by atoms with E-state index in [0.717, 1.165) is 26.7 Å². The molecule has 0 aliphatic rings. The van der Waals surface area contributed by atoms with E-state index in [0.29, 0.717) is 40.5 Å². The largest absolute Gasteiger partial charge is 0.493 e. The van der Waals surface area contributed by atoms with Crippen LogP contribution in [0, 0.1) is 0 Å². The maximum absolute atomic E-state index is 14.1. The number of carbonyl (C=O) groups is 3. The van der Waals surface area contributed by atoms with Crippen LogP contribution < -0.4 is 24.8 Å². The number of methoxy groups -OCH3 is 3. The summed E-state index contributed by atoms with van der Waals surface area (Å²) < 4.78 is 18.2. The molecule has 0 spiro atoms. The summed E-state index contributed by atoms with van der Waals surface area (Å²) in [5.41, 5.74) is 3.14. The van der Waals surface area contributed by atoms with Gasteiger partial charge < -0.3 is 24.8 Å². The zero-order chi connectivity index (χ0) is 35.9. The molecule has 1 aromatic heterocycles. The van der Waals surface area contributed by atoms with Crippen LogP contribution >= 0.6 is 11.8 Å². The number of carbonyl (C=O) groups excluding carboxylic acids is 3. The molecule has 2 N–H and O–H groups in total. The molecule has 0 saturated heterocycles. The van der Waals surface area contributed by atoms with Crippen molar-refractivity contribution in [3.63, 3.8) is 0 Å². The average molecular weight is 700 g/mol. The van der Waals surface area contributed by atoms with E-state index in [4.69, 9.17) is 14.2 Å². The summed E-state index contributed by atoms with van der Waals surface area (Å²) in [5.74, 6) is 0.152. The van der Waals surface area contributed by atoms with Gasteiger partial charge in [-0.05, 0) is 72.7 Å². The van der Waals surface area contributed by atoms with Crippen LogP contribution in [0.15, 0.2) is 126 Å². The Hall–Kier alpha value is -6.00. The third-order valence-electron chi connectivity index (χ3n) is 8.34. The first-order valence-corrected chi connectivity index (χ1v) is 17.2. The number of anilines is 1. The molecule has 0 aliphatic carbocycles. The molecule has 1 heterocycles. The molecule has 6 aromatic rings. The van der Waals surface area contributed by atoms with Gasteiger partial charge in [-0.25, -0.2) is 0 Å². The van der Waals surface area contributed by atoms with Gasteiger partial charge in [0.25, 0.3) is 11.8 Å². The minimum atomic E-state index is -0.552. The smallest absolute Gasteiger partial charge is 0.272 e. The molecule has 0 bridgehead atoms. The van der Waals surface area contributed by atoms with Crippen LogP contribution in [0.5, 0.6) is 17.2 Å². The van der Waals surface area contributed by atoms with Gasteiger partial charge in [-0.1, -0.05) is 67.6 Å². The Bertz CT molecular complexity index is 2180. The van der Waals surface area contributed by atoms with Crippen molar-refractivity contribution in [1.82, 2.24) is 9.88 Å². The molecule has 0 radical (unpaired) electrons. The highest BCUT2D eigenvalue weighted by Crippen LogP contribution is 2.39. The SMILES string of the molecule is CCC(Sc1cccc(NC(=O)/C(=C\c2cc(OC)c(OC)c(OC)c2)NC(=O)c2ccccc2)c1)C(=O)n1c2ccccc2c2ccccc21. The van der Waals surface area contributed by atoms with Gasteiger partial charge in [-0.15, -0.1) is 11.8 Å². The average Bonchev–Trinajstić information content (AvgIpc) is 3.50. The lowest BCUT2D eigenvalue weighted by Gasteiger charge is -2.17. The zero-order valence-corrected chi connectivity index (χ0v) is 29.5. The molecule has 5 aromatic carbocycles. The van der Waals surface area contributed by atoms with Gasteiger partial charge >= 0.3 is 0 Å². The fourth-order valence-electron chi connectivity index (χ4n) is 5.92. The Morgan fingerprint density at radius 2 is 1.35 bits per heavy atom. The lowest BCUT2D eigenvalue weighted by molar-refractivity contribution is -0.113. The van der Waals surface area contributed by atoms with Crippen LogP contribution in [-0.4, -0.2) is 48.9 Å². The van der Waals surface area contributed by atoms with Gasteiger partial charge in [0.05, 0.1) is 37.6 Å². The molecule has 0 saturated carbocycles. The highest BCUT2D eigenvalue weighted by atomic mass is 32.2. The van der Waals surface area contributed by atoms with E-state index in [-0.39, 0.29) is 11.6 Å². The van der Waals surface area contributed by atoms with E-state index in [1.165, 1.54) is 39.2 Å². The lowest BCUT2D eigenvalue weighted by atomic mass is 10.1. The van der Waals surface area contributed by atoms with Crippen molar-refractivity contribution < 1.29 is 28.6 Å². The van der Waals surface area contributed by atoms with Gasteiger partial charge in [-0.3, -0.25) is 19.0 Å². The Morgan fingerprint density at radius 3 is 1.94 bits per heavy atom. The standard InChI is InChI=1S/C41H37N3O6S/c1-5-37(41(47)44-33-20-11-9-18-30(33)31-19-10-12-21-34(31)44)51-29-17-13-16-28(25-29)42-40(46)32(43-39(45)27-14-7-6-8-15-27)22-26-23-35(48-2)38(50-4)36(24-26)49-3/h6-25,37H,5H2,1-4H3,(H,42,46)(H,43,45)/b32-22+. The summed E-state index contributed by atoms with van der Waals surface area (Å²) in [6.45, 7) is 1.99. The van der Waals surface area contributed by atoms with Gasteiger partial charge in [0.15, 0.2) is 11.5 Å². The normalized spacial score (nSPS) is 12.0. The van der Waals surface area contributed by atoms with E-state index >= 15 is 0 Å². The summed E-state index contributed by atoms with van der Waals surface area (Å²) in [7, 11) is 4.50. The topological polar surface area (TPSA) is 108 Å². The second-order valence-corrected chi connectivity index (χ2v) is 12.8. The van der Waals surface area contributed by atoms with Crippen molar-refractivity contribution in [3.8, 4) is 17.2 Å². The van der Waals surface area contributed by atoms with Gasteiger partial charge in [0.2, 0.25) is 11.7 Å². The van der Waals surface area contributed by atoms with E-state index in [1.54, 1.807) is 48.5 Å². The van der Waals surface area contributed by atoms with E-state index < -0.39 is 17.1 Å². The molecule has 6 rings (SSSR count). The number of hydrogen-bond donors (Lipinski definition) is 2. The number of rotatable bonds is 12. The quantitative estimate of drug-likeness (QED) is 0.0975. The predicted molar refractivity (Wildman–Crippen MR) is 203 cm³/mol. The Labute approximate surface area is 300 Å². The molecule has 2 amide bonds. The summed E-state index contributed by atoms with van der Waals surface area (Å²) >= 11 is 1.44. The molecule has 10 heteroatoms. The molecular formula is C41H37N3O6S. The summed E-state index contributed by atoms with van der Waals surface area (Å²) in [6, 6.07) is 35.2. The third kappa shape index (κ3) is 7.46. The highest BCUT2D eigenvalue weighted by Gasteiger charge is 2.24. The Morgan fingerprint density at radius 1 is 0.745 bits per heavy atom. The number of amides is 2. The zero-order valence-electron chi connectivity index (χ0n) is 28.6. The number of aromatic nitrogens is 1. The maximum Gasteiger partial charge on any atom is 0.272 e. The van der Waals surface area contributed by atoms with Crippen molar-refractivity contribution in [1.29, 1.82) is 0 Å². The van der Waals surface area contributed by atoms with Crippen molar-refractivity contribution in [2.45, 2.75) is 23.5 Å². The summed E-state index contributed by atoms with van der Waals surface area (Å²) in [5, 5.41) is 7.35. The van der Waals surface area contributed by atoms with E-state index in [9.17, 15) is 14.4 Å². The van der Waals surface area contributed by atoms with Gasteiger partial charge in [0.1, 0.15) is 5.70 Å². The molecule has 1 atom stereocenters. The molecule has 51 heavy (non-hydrogen) atoms. The lowest BCUT2D eigenvalue weighted by Crippen LogP contribution is -2.30. The van der Waals surface area contributed by atoms with Crippen molar-refractivity contribution in [3.05, 3.63) is 132 Å². The van der Waals surface area contributed by atoms with Crippen LogP contribution in [0.25, 0.3) is 27.9 Å². The molecule has 9 nitrogen and oxygen atoms in total. The minimum absolute atomic E-state index is 0.0100. The van der Waals surface area contributed by atoms with E-state index in [1.807, 2.05) is 78.2 Å². The minimum Gasteiger partial charge on any atom is -0.493 e. The Balaban J connectivity index is 1.28. The number of hydrogen-bond acceptors (Lipinski definition) is 7. The predicted octanol–water partition coefficient (Wildman–Crippen LogP) is 8.44. The number of thioether (sulfide) groups is 1. The number of ether oxygens (including phenoxy) is 3. The van der Waals surface area contributed by atoms with Crippen LogP contribution in [0.4, 0.5) is 5.69 Å². The second-order valence-electron chi connectivity index (χ2n) is 11.5. The number of nitrogens with zero attached hydrogens (tertiary/aromatic N) is 1. The van der Waals surface area contributed by atoms with Crippen molar-refractivity contribution in [2.24, 2.45) is 0 Å². The van der Waals surface area contributed by atoms with Crippen molar-refractivity contribution >= 4 is 63.1 Å². The first-order chi connectivity index (χ1) is 24.8. The number of benzene rings is 5. The van der Waals surface area contributed by atoms with Crippen LogP contribution in [0.2, 0.25) is 0 Å². The van der Waals surface area contributed by atoms with E-state index in [2.05, 4.69) is 10.6 Å². The number of para-hydroxylation sites is 2. The second kappa shape index (κ2) is 15.7. The summed E-state index contributed by atoms with van der Waals surface area (Å²) in [6.07, 6.45) is 2.13. The third-order valence-corrected chi connectivity index (χ3v) is 9.69. The first-order valence-electron chi connectivity index (χ1n) is 16.3. The maximum atomic E-state index is 14.1. The summed E-state index contributed by atoms with van der Waals surface area (Å²) in [4.78, 5) is 42.1. The van der Waals surface area contributed by atoms with Gasteiger partial charge in [-0.2, -0.15) is 0 Å². The van der Waals surface area contributed by atoms with Crippen molar-refractivity contribution in [2.75, 3.05) is 26.6 Å². The highest BCUT2D eigenvalue weighted by molar-refractivity contribution is 8.00. The molecule has 0 aliphatic heterocycles. The Kier molecular flexibility index (Phi) is 10.7. The van der Waals surface area contributed by atoms with Crippen LogP contribution in [-0.2, 0) is 4.79 Å². The fourth-order valence-corrected chi connectivity index (χ4v) is 6.97. The van der Waals surface area contributed by atoms with Crippen LogP contribution in [0.3, 0.4) is 0 Å². The van der Waals surface area contributed by atoms with Gasteiger partial charge in [0, 0.05) is 26.9 Å². The first kappa shape index (κ1) is 34.8. The molecular weight excluding hydrogens is 663 g/mol. The molecule has 258 valence electrons. The molecule has 0 fully saturated rings. The fraction of sp³-hybridized carbons (Fsp3) is 0.146. The number of fused-ring (bicyclic) bond motifs is 3. The van der Waals surface area contributed by atoms with Crippen LogP contribution in [0.1, 0.15) is 34.1 Å².